The maximum atomic E-state index is 12.1. The number of carbonyl (C=O) groups excluding carboxylic acids is 1. The van der Waals surface area contributed by atoms with Crippen molar-refractivity contribution >= 4 is 37.6 Å². The second-order valence-electron chi connectivity index (χ2n) is 4.89. The lowest BCUT2D eigenvalue weighted by atomic mass is 9.98. The van der Waals surface area contributed by atoms with Gasteiger partial charge < -0.3 is 0 Å². The Morgan fingerprint density at radius 3 is 1.74 bits per heavy atom. The van der Waals surface area contributed by atoms with Crippen LogP contribution >= 0.6 is 31.9 Å². The second-order valence-corrected chi connectivity index (χ2v) is 7.78. The molecule has 98 valence electrons. The van der Waals surface area contributed by atoms with Gasteiger partial charge in [-0.25, -0.2) is 0 Å². The first-order chi connectivity index (χ1) is 8.88. The molecule has 0 aliphatic rings. The molecular formula is C16H14Br2O. The normalized spacial score (nSPS) is 11.4. The molecule has 0 amide bonds. The lowest BCUT2D eigenvalue weighted by molar-refractivity contribution is 0.0961. The van der Waals surface area contributed by atoms with E-state index >= 15 is 0 Å². The van der Waals surface area contributed by atoms with Crippen LogP contribution in [0.2, 0.25) is 0 Å². The van der Waals surface area contributed by atoms with Crippen molar-refractivity contribution in [2.24, 2.45) is 0 Å². The van der Waals surface area contributed by atoms with Gasteiger partial charge in [-0.3, -0.25) is 4.79 Å². The fraction of sp³-hybridized carbons (Fsp3) is 0.188. The molecule has 0 unspecified atom stereocenters. The molecular weight excluding hydrogens is 368 g/mol. The van der Waals surface area contributed by atoms with Crippen molar-refractivity contribution in [2.45, 2.75) is 18.2 Å². The van der Waals surface area contributed by atoms with Crippen LogP contribution in [0.4, 0.5) is 0 Å². The fourth-order valence-electron chi connectivity index (χ4n) is 1.80. The number of halogens is 2. The van der Waals surface area contributed by atoms with Crippen LogP contribution in [0.25, 0.3) is 11.1 Å². The Labute approximate surface area is 130 Å². The zero-order chi connectivity index (χ0) is 14.0. The van der Waals surface area contributed by atoms with Crippen LogP contribution in [0.3, 0.4) is 0 Å². The monoisotopic (exact) mass is 380 g/mol. The molecule has 0 atom stereocenters. The van der Waals surface area contributed by atoms with E-state index in [2.05, 4.69) is 44.0 Å². The van der Waals surface area contributed by atoms with E-state index in [0.29, 0.717) is 0 Å². The summed E-state index contributed by atoms with van der Waals surface area (Å²) in [5, 5.41) is 0. The van der Waals surface area contributed by atoms with Gasteiger partial charge in [0.05, 0.1) is 4.32 Å². The molecule has 2 aromatic rings. The van der Waals surface area contributed by atoms with E-state index in [9.17, 15) is 4.79 Å². The number of alkyl halides is 1. The van der Waals surface area contributed by atoms with Crippen LogP contribution in [-0.2, 0) is 0 Å². The molecule has 1 nitrogen and oxygen atoms in total. The number of benzene rings is 2. The van der Waals surface area contributed by atoms with Gasteiger partial charge in [0, 0.05) is 10.0 Å². The van der Waals surface area contributed by atoms with Crippen LogP contribution in [0.5, 0.6) is 0 Å². The van der Waals surface area contributed by atoms with Gasteiger partial charge in [0.2, 0.25) is 0 Å². The molecule has 3 heteroatoms. The molecule has 0 heterocycles. The summed E-state index contributed by atoms with van der Waals surface area (Å²) in [6.07, 6.45) is 0. The highest BCUT2D eigenvalue weighted by Crippen LogP contribution is 2.25. The van der Waals surface area contributed by atoms with Crippen molar-refractivity contribution < 1.29 is 4.79 Å². The SMILES string of the molecule is CC(C)(Br)C(=O)c1ccc(-c2ccc(Br)cc2)cc1. The lowest BCUT2D eigenvalue weighted by Gasteiger charge is -2.14. The predicted octanol–water partition coefficient (Wildman–Crippen LogP) is 5.47. The van der Waals surface area contributed by atoms with Gasteiger partial charge in [0.25, 0.3) is 0 Å². The Balaban J connectivity index is 2.28. The first-order valence-corrected chi connectivity index (χ1v) is 7.56. The van der Waals surface area contributed by atoms with Crippen LogP contribution in [0.1, 0.15) is 24.2 Å². The average Bonchev–Trinajstić information content (AvgIpc) is 2.38. The van der Waals surface area contributed by atoms with Gasteiger partial charge in [-0.1, -0.05) is 68.3 Å². The minimum Gasteiger partial charge on any atom is -0.293 e. The summed E-state index contributed by atoms with van der Waals surface area (Å²) in [5.74, 6) is 0.0925. The molecule has 0 bridgehead atoms. The predicted molar refractivity (Wildman–Crippen MR) is 86.9 cm³/mol. The van der Waals surface area contributed by atoms with E-state index in [0.717, 1.165) is 21.2 Å². The van der Waals surface area contributed by atoms with E-state index < -0.39 is 4.32 Å². The summed E-state index contributed by atoms with van der Waals surface area (Å²) in [7, 11) is 0. The molecule has 2 rings (SSSR count). The smallest absolute Gasteiger partial charge is 0.178 e. The molecule has 0 saturated heterocycles. The summed E-state index contributed by atoms with van der Waals surface area (Å²) < 4.78 is 0.538. The average molecular weight is 382 g/mol. The largest absolute Gasteiger partial charge is 0.293 e. The number of ketones is 1. The summed E-state index contributed by atoms with van der Waals surface area (Å²) in [6.45, 7) is 3.72. The molecule has 0 aliphatic carbocycles. The molecule has 0 N–H and O–H groups in total. The topological polar surface area (TPSA) is 17.1 Å². The second kappa shape index (κ2) is 5.59. The Kier molecular flexibility index (Phi) is 4.26. The molecule has 0 aromatic heterocycles. The highest BCUT2D eigenvalue weighted by atomic mass is 79.9. The van der Waals surface area contributed by atoms with E-state index in [1.807, 2.05) is 50.2 Å². The molecule has 0 aliphatic heterocycles. The molecule has 0 fully saturated rings. The van der Waals surface area contributed by atoms with Crippen molar-refractivity contribution in [1.82, 2.24) is 0 Å². The van der Waals surface area contributed by atoms with Crippen molar-refractivity contribution in [3.8, 4) is 11.1 Å². The number of Topliss-reactive ketones (excluding diaryl/α,β-unsaturated/α-hetero) is 1. The molecule has 2 aromatic carbocycles. The first-order valence-electron chi connectivity index (χ1n) is 5.97. The molecule has 0 spiro atoms. The zero-order valence-corrected chi connectivity index (χ0v) is 14.0. The highest BCUT2D eigenvalue weighted by molar-refractivity contribution is 9.10. The Morgan fingerprint density at radius 1 is 0.895 bits per heavy atom. The zero-order valence-electron chi connectivity index (χ0n) is 10.8. The summed E-state index contributed by atoms with van der Waals surface area (Å²) in [6, 6.07) is 15.8. The first kappa shape index (κ1) is 14.5. The van der Waals surface area contributed by atoms with Crippen molar-refractivity contribution in [2.75, 3.05) is 0 Å². The van der Waals surface area contributed by atoms with Gasteiger partial charge in [-0.15, -0.1) is 0 Å². The number of hydrogen-bond acceptors (Lipinski definition) is 1. The minimum absolute atomic E-state index is 0.0925. The maximum Gasteiger partial charge on any atom is 0.178 e. The fourth-order valence-corrected chi connectivity index (χ4v) is 2.29. The third-order valence-electron chi connectivity index (χ3n) is 2.86. The van der Waals surface area contributed by atoms with Gasteiger partial charge in [0.15, 0.2) is 5.78 Å². The van der Waals surface area contributed by atoms with Crippen LogP contribution in [0, 0.1) is 0 Å². The van der Waals surface area contributed by atoms with Gasteiger partial charge >= 0.3 is 0 Å². The van der Waals surface area contributed by atoms with Gasteiger partial charge in [0.1, 0.15) is 0 Å². The third kappa shape index (κ3) is 3.54. The number of rotatable bonds is 3. The van der Waals surface area contributed by atoms with E-state index in [1.165, 1.54) is 0 Å². The van der Waals surface area contributed by atoms with Crippen LogP contribution in [0.15, 0.2) is 53.0 Å². The Morgan fingerprint density at radius 2 is 1.32 bits per heavy atom. The van der Waals surface area contributed by atoms with Crippen molar-refractivity contribution in [1.29, 1.82) is 0 Å². The summed E-state index contributed by atoms with van der Waals surface area (Å²) in [5.41, 5.74) is 2.97. The van der Waals surface area contributed by atoms with Crippen LogP contribution < -0.4 is 0 Å². The molecule has 19 heavy (non-hydrogen) atoms. The van der Waals surface area contributed by atoms with Crippen LogP contribution in [-0.4, -0.2) is 10.1 Å². The Hall–Kier alpha value is -0.930. The van der Waals surface area contributed by atoms with E-state index in [1.54, 1.807) is 0 Å². The molecule has 0 radical (unpaired) electrons. The summed E-state index contributed by atoms with van der Waals surface area (Å²) >= 11 is 6.82. The summed E-state index contributed by atoms with van der Waals surface area (Å²) in [4.78, 5) is 12.1. The lowest BCUT2D eigenvalue weighted by Crippen LogP contribution is -2.23. The van der Waals surface area contributed by atoms with E-state index in [4.69, 9.17) is 0 Å². The maximum absolute atomic E-state index is 12.1. The third-order valence-corrected chi connectivity index (χ3v) is 3.75. The quantitative estimate of drug-likeness (QED) is 0.508. The standard InChI is InChI=1S/C16H14Br2O/c1-16(2,18)15(19)13-5-3-11(4-6-13)12-7-9-14(17)10-8-12/h3-10H,1-2H3. The Bertz CT molecular complexity index is 578. The van der Waals surface area contributed by atoms with Gasteiger partial charge in [-0.2, -0.15) is 0 Å². The van der Waals surface area contributed by atoms with E-state index in [-0.39, 0.29) is 5.78 Å². The minimum atomic E-state index is -0.522. The van der Waals surface area contributed by atoms with Gasteiger partial charge in [-0.05, 0) is 37.1 Å². The van der Waals surface area contributed by atoms with Crippen molar-refractivity contribution in [3.05, 3.63) is 58.6 Å². The highest BCUT2D eigenvalue weighted by Gasteiger charge is 2.24. The number of hydrogen-bond donors (Lipinski definition) is 0. The molecule has 0 saturated carbocycles. The van der Waals surface area contributed by atoms with Crippen molar-refractivity contribution in [3.63, 3.8) is 0 Å². The number of carbonyl (C=O) groups is 1.